The van der Waals surface area contributed by atoms with Crippen LogP contribution in [0.1, 0.15) is 24.0 Å². The zero-order valence-corrected chi connectivity index (χ0v) is 12.0. The highest BCUT2D eigenvalue weighted by molar-refractivity contribution is 9.10. The molecule has 2 aliphatic heterocycles. The Morgan fingerprint density at radius 1 is 1.33 bits per heavy atom. The van der Waals surface area contributed by atoms with Gasteiger partial charge in [-0.15, -0.1) is 0 Å². The van der Waals surface area contributed by atoms with Gasteiger partial charge in [-0.25, -0.2) is 0 Å². The molecule has 2 N–H and O–H groups in total. The number of nitrogens with two attached hydrogens (primary N) is 1. The van der Waals surface area contributed by atoms with Gasteiger partial charge in [0.15, 0.2) is 0 Å². The summed E-state index contributed by atoms with van der Waals surface area (Å²) >= 11 is 3.57. The van der Waals surface area contributed by atoms with E-state index in [-0.39, 0.29) is 5.54 Å². The molecule has 3 nitrogen and oxygen atoms in total. The summed E-state index contributed by atoms with van der Waals surface area (Å²) in [6.45, 7) is 2.27. The third-order valence-electron chi connectivity index (χ3n) is 3.72. The maximum Gasteiger partial charge on any atom is 0.125 e. The van der Waals surface area contributed by atoms with E-state index >= 15 is 0 Å². The molecule has 1 aromatic carbocycles. The standard InChI is InChI=1S/C14H18BrNO2/c15-12-6-10-2-5-18-13(10)11(7-12)8-14(16)3-1-4-17-9-14/h6-7H,1-5,8-9,16H2. The number of hydrogen-bond donors (Lipinski definition) is 1. The van der Waals surface area contributed by atoms with Crippen molar-refractivity contribution in [2.24, 2.45) is 5.73 Å². The lowest BCUT2D eigenvalue weighted by Crippen LogP contribution is -2.49. The van der Waals surface area contributed by atoms with E-state index in [1.165, 1.54) is 11.1 Å². The van der Waals surface area contributed by atoms with Gasteiger partial charge >= 0.3 is 0 Å². The van der Waals surface area contributed by atoms with E-state index in [1.807, 2.05) is 0 Å². The second-order valence-electron chi connectivity index (χ2n) is 5.35. The topological polar surface area (TPSA) is 44.5 Å². The Bertz CT molecular complexity index is 455. The molecule has 2 heterocycles. The van der Waals surface area contributed by atoms with E-state index in [0.29, 0.717) is 6.61 Å². The summed E-state index contributed by atoms with van der Waals surface area (Å²) in [6, 6.07) is 4.28. The molecule has 0 radical (unpaired) electrons. The van der Waals surface area contributed by atoms with Crippen LogP contribution >= 0.6 is 15.9 Å². The van der Waals surface area contributed by atoms with Crippen molar-refractivity contribution in [3.05, 3.63) is 27.7 Å². The third-order valence-corrected chi connectivity index (χ3v) is 4.18. The Morgan fingerprint density at radius 2 is 2.22 bits per heavy atom. The summed E-state index contributed by atoms with van der Waals surface area (Å²) in [5.41, 5.74) is 8.71. The van der Waals surface area contributed by atoms with Gasteiger partial charge in [0.05, 0.1) is 13.2 Å². The lowest BCUT2D eigenvalue weighted by molar-refractivity contribution is 0.0380. The highest BCUT2D eigenvalue weighted by atomic mass is 79.9. The van der Waals surface area contributed by atoms with Gasteiger partial charge in [-0.3, -0.25) is 0 Å². The first kappa shape index (κ1) is 12.5. The SMILES string of the molecule is NC1(Cc2cc(Br)cc3c2OCC3)CCCOC1. The largest absolute Gasteiger partial charge is 0.493 e. The summed E-state index contributed by atoms with van der Waals surface area (Å²) in [4.78, 5) is 0. The Morgan fingerprint density at radius 3 is 3.00 bits per heavy atom. The molecule has 1 saturated heterocycles. The van der Waals surface area contributed by atoms with Crippen LogP contribution < -0.4 is 10.5 Å². The second kappa shape index (κ2) is 4.83. The predicted molar refractivity (Wildman–Crippen MR) is 74.0 cm³/mol. The van der Waals surface area contributed by atoms with Crippen LogP contribution in [0.4, 0.5) is 0 Å². The van der Waals surface area contributed by atoms with Crippen molar-refractivity contribution in [2.75, 3.05) is 19.8 Å². The molecule has 98 valence electrons. The number of halogens is 1. The minimum atomic E-state index is -0.237. The molecule has 1 aromatic rings. The number of ether oxygens (including phenoxy) is 2. The molecule has 0 saturated carbocycles. The number of hydrogen-bond acceptors (Lipinski definition) is 3. The number of benzene rings is 1. The van der Waals surface area contributed by atoms with E-state index in [4.69, 9.17) is 15.2 Å². The summed E-state index contributed by atoms with van der Waals surface area (Å²) in [7, 11) is 0. The van der Waals surface area contributed by atoms with Crippen LogP contribution in [-0.4, -0.2) is 25.4 Å². The molecule has 0 bridgehead atoms. The summed E-state index contributed by atoms with van der Waals surface area (Å²) in [5, 5.41) is 0. The molecule has 0 spiro atoms. The van der Waals surface area contributed by atoms with Crippen LogP contribution in [0.3, 0.4) is 0 Å². The Kier molecular flexibility index (Phi) is 3.34. The maximum atomic E-state index is 6.44. The predicted octanol–water partition coefficient (Wildman–Crippen LogP) is 2.43. The minimum absolute atomic E-state index is 0.237. The van der Waals surface area contributed by atoms with E-state index in [9.17, 15) is 0 Å². The fourth-order valence-electron chi connectivity index (χ4n) is 2.87. The van der Waals surface area contributed by atoms with Crippen molar-refractivity contribution < 1.29 is 9.47 Å². The summed E-state index contributed by atoms with van der Waals surface area (Å²) < 4.78 is 12.4. The molecular formula is C14H18BrNO2. The first-order valence-electron chi connectivity index (χ1n) is 6.47. The fraction of sp³-hybridized carbons (Fsp3) is 0.571. The molecule has 1 fully saturated rings. The molecule has 4 heteroatoms. The van der Waals surface area contributed by atoms with Gasteiger partial charge in [-0.05, 0) is 42.5 Å². The second-order valence-corrected chi connectivity index (χ2v) is 6.26. The number of rotatable bonds is 2. The molecule has 1 unspecified atom stereocenters. The number of fused-ring (bicyclic) bond motifs is 1. The van der Waals surface area contributed by atoms with Crippen LogP contribution in [-0.2, 0) is 17.6 Å². The highest BCUT2D eigenvalue weighted by Crippen LogP contribution is 2.35. The molecule has 2 aliphatic rings. The first-order valence-corrected chi connectivity index (χ1v) is 7.26. The summed E-state index contributed by atoms with van der Waals surface area (Å²) in [6.07, 6.45) is 3.90. The van der Waals surface area contributed by atoms with Gasteiger partial charge in [-0.1, -0.05) is 15.9 Å². The van der Waals surface area contributed by atoms with Gasteiger partial charge in [0.25, 0.3) is 0 Å². The zero-order valence-electron chi connectivity index (χ0n) is 10.4. The normalized spacial score (nSPS) is 26.8. The maximum absolute atomic E-state index is 6.44. The molecule has 0 aromatic heterocycles. The summed E-state index contributed by atoms with van der Waals surface area (Å²) in [5.74, 6) is 1.05. The van der Waals surface area contributed by atoms with Crippen molar-refractivity contribution in [2.45, 2.75) is 31.2 Å². The fourth-order valence-corrected chi connectivity index (χ4v) is 3.42. The van der Waals surface area contributed by atoms with E-state index in [2.05, 4.69) is 28.1 Å². The zero-order chi connectivity index (χ0) is 12.6. The minimum Gasteiger partial charge on any atom is -0.493 e. The van der Waals surface area contributed by atoms with Crippen LogP contribution in [0.15, 0.2) is 16.6 Å². The van der Waals surface area contributed by atoms with Crippen LogP contribution in [0, 0.1) is 0 Å². The van der Waals surface area contributed by atoms with Crippen molar-refractivity contribution >= 4 is 15.9 Å². The molecular weight excluding hydrogens is 294 g/mol. The van der Waals surface area contributed by atoms with Crippen LogP contribution in [0.5, 0.6) is 5.75 Å². The Labute approximate surface area is 116 Å². The van der Waals surface area contributed by atoms with Gasteiger partial charge in [0.2, 0.25) is 0 Å². The van der Waals surface area contributed by atoms with Gasteiger partial charge in [0, 0.05) is 23.0 Å². The first-order chi connectivity index (χ1) is 8.66. The third kappa shape index (κ3) is 2.42. The molecule has 1 atom stereocenters. The average molecular weight is 312 g/mol. The van der Waals surface area contributed by atoms with Crippen molar-refractivity contribution in [1.82, 2.24) is 0 Å². The van der Waals surface area contributed by atoms with E-state index in [0.717, 1.165) is 49.1 Å². The molecule has 0 amide bonds. The lowest BCUT2D eigenvalue weighted by atomic mass is 9.86. The highest BCUT2D eigenvalue weighted by Gasteiger charge is 2.31. The molecule has 3 rings (SSSR count). The van der Waals surface area contributed by atoms with Gasteiger partial charge < -0.3 is 15.2 Å². The average Bonchev–Trinajstić information content (AvgIpc) is 2.77. The van der Waals surface area contributed by atoms with Crippen LogP contribution in [0.25, 0.3) is 0 Å². The molecule has 0 aliphatic carbocycles. The van der Waals surface area contributed by atoms with Crippen LogP contribution in [0.2, 0.25) is 0 Å². The van der Waals surface area contributed by atoms with Crippen molar-refractivity contribution in [3.8, 4) is 5.75 Å². The van der Waals surface area contributed by atoms with Crippen molar-refractivity contribution in [3.63, 3.8) is 0 Å². The smallest absolute Gasteiger partial charge is 0.125 e. The van der Waals surface area contributed by atoms with Gasteiger partial charge in [0.1, 0.15) is 5.75 Å². The Hall–Kier alpha value is -0.580. The Balaban J connectivity index is 1.88. The van der Waals surface area contributed by atoms with E-state index in [1.54, 1.807) is 0 Å². The van der Waals surface area contributed by atoms with Crippen molar-refractivity contribution in [1.29, 1.82) is 0 Å². The van der Waals surface area contributed by atoms with Gasteiger partial charge in [-0.2, -0.15) is 0 Å². The quantitative estimate of drug-likeness (QED) is 0.912. The molecule has 18 heavy (non-hydrogen) atoms. The van der Waals surface area contributed by atoms with E-state index < -0.39 is 0 Å². The lowest BCUT2D eigenvalue weighted by Gasteiger charge is -2.33. The monoisotopic (exact) mass is 311 g/mol.